The van der Waals surface area contributed by atoms with Crippen LogP contribution in [0.1, 0.15) is 17.9 Å². The van der Waals surface area contributed by atoms with E-state index in [-0.39, 0.29) is 41.7 Å². The Hall–Kier alpha value is -3.62. The van der Waals surface area contributed by atoms with Crippen LogP contribution in [0.3, 0.4) is 0 Å². The summed E-state index contributed by atoms with van der Waals surface area (Å²) in [5.74, 6) is -0.523. The fourth-order valence-electron chi connectivity index (χ4n) is 2.50. The second-order valence-corrected chi connectivity index (χ2v) is 5.75. The number of amides is 1. The number of nitrogens with zero attached hydrogens (tertiary/aromatic N) is 3. The van der Waals surface area contributed by atoms with Crippen LogP contribution in [0.15, 0.2) is 47.0 Å². The van der Waals surface area contributed by atoms with Gasteiger partial charge in [-0.2, -0.15) is 4.98 Å². The van der Waals surface area contributed by atoms with Gasteiger partial charge in [-0.3, -0.25) is 14.9 Å². The molecule has 0 radical (unpaired) electrons. The number of aromatic nitrogens is 2. The van der Waals surface area contributed by atoms with Gasteiger partial charge in [0.2, 0.25) is 17.6 Å². The van der Waals surface area contributed by atoms with Crippen molar-refractivity contribution in [3.05, 3.63) is 69.9 Å². The molecule has 0 bridgehead atoms. The molecule has 0 aliphatic carbocycles. The smallest absolute Gasteiger partial charge is 0.274 e. The molecule has 1 heterocycles. The Kier molecular flexibility index (Phi) is 5.20. The van der Waals surface area contributed by atoms with E-state index >= 15 is 0 Å². The number of carbonyl (C=O) groups excluding carboxylic acids is 1. The molecule has 1 amide bonds. The lowest BCUT2D eigenvalue weighted by molar-refractivity contribution is -0.385. The van der Waals surface area contributed by atoms with E-state index in [4.69, 9.17) is 4.52 Å². The fraction of sp³-hybridized carbons (Fsp3) is 0.167. The molecular weight excluding hydrogens is 355 g/mol. The minimum Gasteiger partial charge on any atom is -0.339 e. The first-order valence-electron chi connectivity index (χ1n) is 8.07. The highest BCUT2D eigenvalue weighted by Crippen LogP contribution is 2.25. The van der Waals surface area contributed by atoms with Crippen molar-refractivity contribution in [1.29, 1.82) is 0 Å². The predicted octanol–water partition coefficient (Wildman–Crippen LogP) is 3.66. The number of hydrogen-bond donors (Lipinski definition) is 1. The van der Waals surface area contributed by atoms with Crippen LogP contribution in [-0.2, 0) is 11.2 Å². The molecule has 27 heavy (non-hydrogen) atoms. The van der Waals surface area contributed by atoms with E-state index < -0.39 is 10.7 Å². The topological polar surface area (TPSA) is 111 Å². The molecule has 3 aromatic rings. The van der Waals surface area contributed by atoms with Crippen LogP contribution in [0.25, 0.3) is 11.4 Å². The molecule has 0 atom stereocenters. The molecule has 0 aliphatic rings. The van der Waals surface area contributed by atoms with E-state index in [1.165, 1.54) is 24.3 Å². The van der Waals surface area contributed by atoms with Gasteiger partial charge in [0.15, 0.2) is 0 Å². The van der Waals surface area contributed by atoms with Crippen molar-refractivity contribution in [2.75, 3.05) is 5.32 Å². The highest BCUT2D eigenvalue weighted by Gasteiger charge is 2.16. The lowest BCUT2D eigenvalue weighted by atomic mass is 10.1. The summed E-state index contributed by atoms with van der Waals surface area (Å²) in [5, 5.41) is 17.3. The molecule has 0 fully saturated rings. The van der Waals surface area contributed by atoms with Crippen molar-refractivity contribution >= 4 is 17.3 Å². The van der Waals surface area contributed by atoms with E-state index in [0.29, 0.717) is 11.3 Å². The number of carbonyl (C=O) groups is 1. The monoisotopic (exact) mass is 370 g/mol. The summed E-state index contributed by atoms with van der Waals surface area (Å²) in [6.07, 6.45) is 0.183. The molecule has 1 N–H and O–H groups in total. The van der Waals surface area contributed by atoms with Gasteiger partial charge in [0.1, 0.15) is 5.82 Å². The van der Waals surface area contributed by atoms with Crippen LogP contribution in [0.4, 0.5) is 15.8 Å². The van der Waals surface area contributed by atoms with Gasteiger partial charge in [0.05, 0.1) is 21.7 Å². The van der Waals surface area contributed by atoms with Gasteiger partial charge in [-0.05, 0) is 25.1 Å². The van der Waals surface area contributed by atoms with Crippen molar-refractivity contribution < 1.29 is 18.6 Å². The number of halogens is 1. The van der Waals surface area contributed by atoms with E-state index in [2.05, 4.69) is 15.5 Å². The Morgan fingerprint density at radius 3 is 2.78 bits per heavy atom. The largest absolute Gasteiger partial charge is 0.339 e. The van der Waals surface area contributed by atoms with Crippen molar-refractivity contribution in [1.82, 2.24) is 10.1 Å². The number of nitro groups is 1. The number of benzene rings is 2. The second kappa shape index (κ2) is 7.73. The van der Waals surface area contributed by atoms with Crippen molar-refractivity contribution in [3.8, 4) is 11.4 Å². The quantitative estimate of drug-likeness (QED) is 0.523. The van der Waals surface area contributed by atoms with E-state index in [1.54, 1.807) is 25.1 Å². The number of hydrogen-bond acceptors (Lipinski definition) is 6. The van der Waals surface area contributed by atoms with Gasteiger partial charge in [0, 0.05) is 18.9 Å². The van der Waals surface area contributed by atoms with Crippen LogP contribution in [0.2, 0.25) is 0 Å². The molecule has 0 saturated carbocycles. The van der Waals surface area contributed by atoms with Gasteiger partial charge in [-0.1, -0.05) is 23.4 Å². The normalized spacial score (nSPS) is 10.6. The molecule has 3 rings (SSSR count). The standard InChI is InChI=1S/C18H15FN4O4/c1-11-14(7-4-8-15(11)23(25)26)20-16(24)9-10-17-21-18(22-27-17)12-5-2-3-6-13(12)19/h2-8H,9-10H2,1H3,(H,20,24). The highest BCUT2D eigenvalue weighted by molar-refractivity contribution is 5.92. The Morgan fingerprint density at radius 1 is 1.26 bits per heavy atom. The zero-order valence-corrected chi connectivity index (χ0v) is 14.3. The van der Waals surface area contributed by atoms with Crippen LogP contribution in [0, 0.1) is 22.9 Å². The summed E-state index contributed by atoms with van der Waals surface area (Å²) in [5.41, 5.74) is 0.880. The third-order valence-electron chi connectivity index (χ3n) is 3.92. The van der Waals surface area contributed by atoms with E-state index in [0.717, 1.165) is 0 Å². The number of aryl methyl sites for hydroxylation is 1. The predicted molar refractivity (Wildman–Crippen MR) is 94.5 cm³/mol. The molecule has 0 aliphatic heterocycles. The first-order valence-corrected chi connectivity index (χ1v) is 8.07. The van der Waals surface area contributed by atoms with E-state index in [9.17, 15) is 19.3 Å². The van der Waals surface area contributed by atoms with Crippen molar-refractivity contribution in [3.63, 3.8) is 0 Å². The summed E-state index contributed by atoms with van der Waals surface area (Å²) in [6, 6.07) is 10.5. The maximum Gasteiger partial charge on any atom is 0.274 e. The lowest BCUT2D eigenvalue weighted by Gasteiger charge is -2.07. The molecular formula is C18H15FN4O4. The Labute approximate surface area is 153 Å². The van der Waals surface area contributed by atoms with Gasteiger partial charge in [0.25, 0.3) is 5.69 Å². The highest BCUT2D eigenvalue weighted by atomic mass is 19.1. The lowest BCUT2D eigenvalue weighted by Crippen LogP contribution is -2.13. The Bertz CT molecular complexity index is 1000. The summed E-state index contributed by atoms with van der Waals surface area (Å²) in [4.78, 5) is 26.7. The summed E-state index contributed by atoms with van der Waals surface area (Å²) in [6.45, 7) is 1.56. The molecule has 0 unspecified atom stereocenters. The molecule has 0 saturated heterocycles. The molecule has 138 valence electrons. The van der Waals surface area contributed by atoms with E-state index in [1.807, 2.05) is 0 Å². The Balaban J connectivity index is 1.63. The minimum absolute atomic E-state index is 0.0288. The van der Waals surface area contributed by atoms with Gasteiger partial charge in [-0.25, -0.2) is 4.39 Å². The van der Waals surface area contributed by atoms with Gasteiger partial charge < -0.3 is 9.84 Å². The number of anilines is 1. The van der Waals surface area contributed by atoms with Crippen molar-refractivity contribution in [2.45, 2.75) is 19.8 Å². The minimum atomic E-state index is -0.506. The van der Waals surface area contributed by atoms with Gasteiger partial charge >= 0.3 is 0 Å². The first-order chi connectivity index (χ1) is 13.0. The fourth-order valence-corrected chi connectivity index (χ4v) is 2.50. The zero-order chi connectivity index (χ0) is 19.4. The maximum absolute atomic E-state index is 13.7. The first kappa shape index (κ1) is 18.2. The number of nitrogens with one attached hydrogen (secondary N) is 1. The van der Waals surface area contributed by atoms with Crippen LogP contribution >= 0.6 is 0 Å². The SMILES string of the molecule is Cc1c(NC(=O)CCc2nc(-c3ccccc3F)no2)cccc1[N+](=O)[O-]. The van der Waals surface area contributed by atoms with Crippen LogP contribution < -0.4 is 5.32 Å². The molecule has 2 aromatic carbocycles. The number of rotatable bonds is 6. The second-order valence-electron chi connectivity index (χ2n) is 5.75. The van der Waals surface area contributed by atoms with Gasteiger partial charge in [-0.15, -0.1) is 0 Å². The van der Waals surface area contributed by atoms with Crippen molar-refractivity contribution in [2.24, 2.45) is 0 Å². The molecule has 1 aromatic heterocycles. The Morgan fingerprint density at radius 2 is 2.04 bits per heavy atom. The van der Waals surface area contributed by atoms with Crippen LogP contribution in [-0.4, -0.2) is 21.0 Å². The average Bonchev–Trinajstić information content (AvgIpc) is 3.10. The maximum atomic E-state index is 13.7. The molecule has 8 nitrogen and oxygen atoms in total. The average molecular weight is 370 g/mol. The summed E-state index contributed by atoms with van der Waals surface area (Å²) < 4.78 is 18.8. The number of nitro benzene ring substituents is 1. The van der Waals surface area contributed by atoms with Crippen LogP contribution in [0.5, 0.6) is 0 Å². The molecule has 9 heteroatoms. The zero-order valence-electron chi connectivity index (χ0n) is 14.3. The third-order valence-corrected chi connectivity index (χ3v) is 3.92. The summed E-state index contributed by atoms with van der Waals surface area (Å²) >= 11 is 0. The molecule has 0 spiro atoms. The third kappa shape index (κ3) is 4.14. The summed E-state index contributed by atoms with van der Waals surface area (Å²) in [7, 11) is 0.